The fourth-order valence-corrected chi connectivity index (χ4v) is 2.09. The molecule has 0 aliphatic carbocycles. The van der Waals surface area contributed by atoms with E-state index in [0.29, 0.717) is 26.0 Å². The number of nitrogens with one attached hydrogen (secondary N) is 1. The Morgan fingerprint density at radius 1 is 0.958 bits per heavy atom. The number of alkyl carbamates (subject to hydrolysis) is 1. The van der Waals surface area contributed by atoms with E-state index in [4.69, 9.17) is 9.47 Å². The van der Waals surface area contributed by atoms with Crippen molar-refractivity contribution >= 4 is 6.09 Å². The SMILES string of the molecule is O=C(NCCCC(O)OCc1ccccc1)OCc1ccccc1. The van der Waals surface area contributed by atoms with Crippen molar-refractivity contribution in [2.75, 3.05) is 6.54 Å². The number of hydrogen-bond donors (Lipinski definition) is 2. The van der Waals surface area contributed by atoms with Gasteiger partial charge in [0.25, 0.3) is 0 Å². The summed E-state index contributed by atoms with van der Waals surface area (Å²) in [5, 5.41) is 12.4. The summed E-state index contributed by atoms with van der Waals surface area (Å²) in [6.07, 6.45) is -0.242. The normalized spacial score (nSPS) is 11.7. The van der Waals surface area contributed by atoms with Crippen molar-refractivity contribution in [3.63, 3.8) is 0 Å². The van der Waals surface area contributed by atoms with Gasteiger partial charge in [0.15, 0.2) is 6.29 Å². The van der Waals surface area contributed by atoms with E-state index in [0.717, 1.165) is 11.1 Å². The van der Waals surface area contributed by atoms with E-state index in [1.54, 1.807) is 0 Å². The summed E-state index contributed by atoms with van der Waals surface area (Å²) in [5.74, 6) is 0. The second kappa shape index (κ2) is 10.4. The lowest BCUT2D eigenvalue weighted by molar-refractivity contribution is -0.112. The van der Waals surface area contributed by atoms with Gasteiger partial charge in [-0.05, 0) is 24.0 Å². The lowest BCUT2D eigenvalue weighted by Crippen LogP contribution is -2.26. The van der Waals surface area contributed by atoms with Gasteiger partial charge in [-0.15, -0.1) is 0 Å². The molecule has 0 aliphatic heterocycles. The van der Waals surface area contributed by atoms with Crippen molar-refractivity contribution in [3.8, 4) is 0 Å². The zero-order chi connectivity index (χ0) is 17.0. The predicted molar refractivity (Wildman–Crippen MR) is 91.1 cm³/mol. The average Bonchev–Trinajstić information content (AvgIpc) is 2.63. The highest BCUT2D eigenvalue weighted by Crippen LogP contribution is 2.05. The molecule has 128 valence electrons. The summed E-state index contributed by atoms with van der Waals surface area (Å²) in [6, 6.07) is 19.2. The van der Waals surface area contributed by atoms with Crippen molar-refractivity contribution in [1.29, 1.82) is 0 Å². The van der Waals surface area contributed by atoms with Gasteiger partial charge < -0.3 is 19.9 Å². The van der Waals surface area contributed by atoms with Crippen LogP contribution in [-0.2, 0) is 22.7 Å². The second-order valence-corrected chi connectivity index (χ2v) is 5.38. The van der Waals surface area contributed by atoms with Crippen LogP contribution in [0, 0.1) is 0 Å². The van der Waals surface area contributed by atoms with E-state index < -0.39 is 12.4 Å². The minimum absolute atomic E-state index is 0.246. The van der Waals surface area contributed by atoms with Gasteiger partial charge in [0, 0.05) is 6.54 Å². The largest absolute Gasteiger partial charge is 0.445 e. The van der Waals surface area contributed by atoms with Crippen LogP contribution in [0.25, 0.3) is 0 Å². The maximum Gasteiger partial charge on any atom is 0.407 e. The van der Waals surface area contributed by atoms with Crippen LogP contribution in [0.15, 0.2) is 60.7 Å². The number of carbonyl (C=O) groups is 1. The maximum absolute atomic E-state index is 11.5. The molecular weight excluding hydrogens is 306 g/mol. The van der Waals surface area contributed by atoms with Crippen LogP contribution in [0.1, 0.15) is 24.0 Å². The van der Waals surface area contributed by atoms with Crippen molar-refractivity contribution in [3.05, 3.63) is 71.8 Å². The second-order valence-electron chi connectivity index (χ2n) is 5.38. The Kier molecular flexibility index (Phi) is 7.80. The first-order valence-corrected chi connectivity index (χ1v) is 8.02. The fourth-order valence-electron chi connectivity index (χ4n) is 2.09. The van der Waals surface area contributed by atoms with Gasteiger partial charge in [-0.25, -0.2) is 4.79 Å². The Hall–Kier alpha value is -2.37. The molecule has 0 fully saturated rings. The zero-order valence-corrected chi connectivity index (χ0v) is 13.6. The van der Waals surface area contributed by atoms with Crippen molar-refractivity contribution < 1.29 is 19.4 Å². The highest BCUT2D eigenvalue weighted by molar-refractivity contribution is 5.67. The van der Waals surface area contributed by atoms with Crippen LogP contribution < -0.4 is 5.32 Å². The molecule has 0 aliphatic rings. The van der Waals surface area contributed by atoms with Crippen molar-refractivity contribution in [2.24, 2.45) is 0 Å². The summed E-state index contributed by atoms with van der Waals surface area (Å²) in [6.45, 7) is 1.05. The fraction of sp³-hybridized carbons (Fsp3) is 0.316. The molecule has 24 heavy (non-hydrogen) atoms. The molecule has 1 amide bonds. The lowest BCUT2D eigenvalue weighted by atomic mass is 10.2. The Bertz CT molecular complexity index is 589. The Morgan fingerprint density at radius 2 is 1.54 bits per heavy atom. The standard InChI is InChI=1S/C19H23NO4/c21-18(23-14-16-8-3-1-4-9-16)12-7-13-20-19(22)24-15-17-10-5-2-6-11-17/h1-6,8-11,18,21H,7,12-15H2,(H,20,22). The molecule has 2 aromatic rings. The van der Waals surface area contributed by atoms with E-state index in [1.165, 1.54) is 0 Å². The predicted octanol–water partition coefficient (Wildman–Crippen LogP) is 3.23. The topological polar surface area (TPSA) is 67.8 Å². The van der Waals surface area contributed by atoms with Crippen molar-refractivity contribution in [1.82, 2.24) is 5.32 Å². The van der Waals surface area contributed by atoms with Crippen LogP contribution in [0.4, 0.5) is 4.79 Å². The van der Waals surface area contributed by atoms with Crippen LogP contribution >= 0.6 is 0 Å². The smallest absolute Gasteiger partial charge is 0.407 e. The van der Waals surface area contributed by atoms with Crippen LogP contribution in [0.3, 0.4) is 0 Å². The van der Waals surface area contributed by atoms with Gasteiger partial charge in [0.1, 0.15) is 6.61 Å². The molecule has 2 aromatic carbocycles. The first kappa shape index (κ1) is 18.0. The van der Waals surface area contributed by atoms with Gasteiger partial charge in [-0.3, -0.25) is 0 Å². The summed E-state index contributed by atoms with van der Waals surface area (Å²) >= 11 is 0. The van der Waals surface area contributed by atoms with Crippen LogP contribution in [0.5, 0.6) is 0 Å². The highest BCUT2D eigenvalue weighted by Gasteiger charge is 2.06. The van der Waals surface area contributed by atoms with Crippen LogP contribution in [0.2, 0.25) is 0 Å². The molecule has 0 saturated carbocycles. The number of aliphatic hydroxyl groups is 1. The molecule has 5 nitrogen and oxygen atoms in total. The molecule has 0 spiro atoms. The Balaban J connectivity index is 1.51. The number of benzene rings is 2. The molecular formula is C19H23NO4. The monoisotopic (exact) mass is 329 g/mol. The molecule has 2 N–H and O–H groups in total. The number of hydrogen-bond acceptors (Lipinski definition) is 4. The number of ether oxygens (including phenoxy) is 2. The number of amides is 1. The first-order valence-electron chi connectivity index (χ1n) is 8.02. The van der Waals surface area contributed by atoms with E-state index in [2.05, 4.69) is 5.32 Å². The number of carbonyl (C=O) groups excluding carboxylic acids is 1. The minimum atomic E-state index is -0.840. The Labute approximate surface area is 142 Å². The third kappa shape index (κ3) is 7.26. The van der Waals surface area contributed by atoms with E-state index in [1.807, 2.05) is 60.7 Å². The molecule has 0 heterocycles. The zero-order valence-electron chi connectivity index (χ0n) is 13.6. The highest BCUT2D eigenvalue weighted by atomic mass is 16.6. The molecule has 0 saturated heterocycles. The van der Waals surface area contributed by atoms with Gasteiger partial charge >= 0.3 is 6.09 Å². The molecule has 0 bridgehead atoms. The summed E-state index contributed by atoms with van der Waals surface area (Å²) in [4.78, 5) is 11.5. The van der Waals surface area contributed by atoms with E-state index in [-0.39, 0.29) is 6.61 Å². The van der Waals surface area contributed by atoms with Crippen LogP contribution in [-0.4, -0.2) is 24.0 Å². The number of rotatable bonds is 9. The van der Waals surface area contributed by atoms with E-state index >= 15 is 0 Å². The minimum Gasteiger partial charge on any atom is -0.445 e. The molecule has 2 rings (SSSR count). The third-order valence-corrected chi connectivity index (χ3v) is 3.40. The molecule has 1 unspecified atom stereocenters. The third-order valence-electron chi connectivity index (χ3n) is 3.40. The summed E-state index contributed by atoms with van der Waals surface area (Å²) < 4.78 is 10.4. The number of aliphatic hydroxyl groups excluding tert-OH is 1. The average molecular weight is 329 g/mol. The van der Waals surface area contributed by atoms with Gasteiger partial charge in [-0.2, -0.15) is 0 Å². The summed E-state index contributed by atoms with van der Waals surface area (Å²) in [7, 11) is 0. The van der Waals surface area contributed by atoms with E-state index in [9.17, 15) is 9.90 Å². The van der Waals surface area contributed by atoms with Crippen molar-refractivity contribution in [2.45, 2.75) is 32.3 Å². The molecule has 5 heteroatoms. The first-order chi connectivity index (χ1) is 11.7. The molecule has 0 aromatic heterocycles. The summed E-state index contributed by atoms with van der Waals surface area (Å²) in [5.41, 5.74) is 1.96. The molecule has 0 radical (unpaired) electrons. The quantitative estimate of drug-likeness (QED) is 0.547. The van der Waals surface area contributed by atoms with Gasteiger partial charge in [-0.1, -0.05) is 60.7 Å². The lowest BCUT2D eigenvalue weighted by Gasteiger charge is -2.12. The molecule has 1 atom stereocenters. The Morgan fingerprint density at radius 3 is 2.17 bits per heavy atom. The van der Waals surface area contributed by atoms with Gasteiger partial charge in [0.05, 0.1) is 6.61 Å². The maximum atomic E-state index is 11.5. The van der Waals surface area contributed by atoms with Gasteiger partial charge in [0.2, 0.25) is 0 Å².